The molecule has 0 spiro atoms. The monoisotopic (exact) mass is 288 g/mol. The van der Waals surface area contributed by atoms with Crippen molar-refractivity contribution in [3.63, 3.8) is 0 Å². The molecular formula is C20H16O2. The summed E-state index contributed by atoms with van der Waals surface area (Å²) in [5.74, 6) is 0. The molecule has 0 saturated carbocycles. The van der Waals surface area contributed by atoms with Crippen molar-refractivity contribution >= 4 is 32.5 Å². The molecule has 0 aliphatic carbocycles. The molecule has 0 aliphatic rings. The molecule has 0 radical (unpaired) electrons. The van der Waals surface area contributed by atoms with Crippen LogP contribution in [0, 0.1) is 6.92 Å². The van der Waals surface area contributed by atoms with Crippen LogP contribution in [-0.2, 0) is 6.42 Å². The summed E-state index contributed by atoms with van der Waals surface area (Å²) in [6.45, 7) is 4.15. The molecule has 1 heterocycles. The Bertz CT molecular complexity index is 1090. The molecule has 4 rings (SSSR count). The molecule has 2 heteroatoms. The molecule has 2 nitrogen and oxygen atoms in total. The molecule has 0 saturated heterocycles. The zero-order valence-corrected chi connectivity index (χ0v) is 12.6. The second kappa shape index (κ2) is 4.70. The van der Waals surface area contributed by atoms with Crippen LogP contribution in [-0.4, -0.2) is 0 Å². The number of fused-ring (bicyclic) bond motifs is 5. The van der Waals surface area contributed by atoms with Crippen molar-refractivity contribution in [2.45, 2.75) is 20.3 Å². The molecule has 0 atom stereocenters. The van der Waals surface area contributed by atoms with Crippen molar-refractivity contribution in [1.29, 1.82) is 0 Å². The van der Waals surface area contributed by atoms with Crippen molar-refractivity contribution in [3.8, 4) is 0 Å². The second-order valence-corrected chi connectivity index (χ2v) is 5.70. The minimum atomic E-state index is -0.256. The summed E-state index contributed by atoms with van der Waals surface area (Å²) in [5.41, 5.74) is 2.69. The van der Waals surface area contributed by atoms with Gasteiger partial charge >= 0.3 is 5.63 Å². The van der Waals surface area contributed by atoms with Gasteiger partial charge in [-0.1, -0.05) is 49.4 Å². The maximum Gasteiger partial charge on any atom is 0.344 e. The van der Waals surface area contributed by atoms with Crippen molar-refractivity contribution in [2.24, 2.45) is 0 Å². The second-order valence-electron chi connectivity index (χ2n) is 5.70. The van der Waals surface area contributed by atoms with E-state index in [9.17, 15) is 4.79 Å². The van der Waals surface area contributed by atoms with Gasteiger partial charge in [0, 0.05) is 10.8 Å². The van der Waals surface area contributed by atoms with Crippen LogP contribution in [0.5, 0.6) is 0 Å². The maximum atomic E-state index is 12.4. The molecule has 4 aromatic rings. The Morgan fingerprint density at radius 1 is 0.909 bits per heavy atom. The van der Waals surface area contributed by atoms with Crippen LogP contribution in [0.15, 0.2) is 57.7 Å². The molecule has 0 N–H and O–H groups in total. The van der Waals surface area contributed by atoms with Gasteiger partial charge in [0.25, 0.3) is 0 Å². The predicted molar refractivity (Wildman–Crippen MR) is 91.6 cm³/mol. The normalized spacial score (nSPS) is 11.5. The largest absolute Gasteiger partial charge is 0.422 e. The van der Waals surface area contributed by atoms with E-state index in [1.165, 1.54) is 0 Å². The van der Waals surface area contributed by atoms with Crippen LogP contribution in [0.4, 0.5) is 0 Å². The summed E-state index contributed by atoms with van der Waals surface area (Å²) in [4.78, 5) is 12.4. The zero-order chi connectivity index (χ0) is 15.3. The van der Waals surface area contributed by atoms with Gasteiger partial charge in [0.15, 0.2) is 0 Å². The van der Waals surface area contributed by atoms with E-state index in [0.717, 1.165) is 44.7 Å². The van der Waals surface area contributed by atoms with Crippen molar-refractivity contribution in [1.82, 2.24) is 0 Å². The third-order valence-corrected chi connectivity index (χ3v) is 4.42. The average Bonchev–Trinajstić information content (AvgIpc) is 2.55. The predicted octanol–water partition coefficient (Wildman–Crippen LogP) is 4.97. The van der Waals surface area contributed by atoms with E-state index in [1.54, 1.807) is 0 Å². The quantitative estimate of drug-likeness (QED) is 0.365. The highest BCUT2D eigenvalue weighted by atomic mass is 16.4. The van der Waals surface area contributed by atoms with E-state index in [1.807, 2.05) is 24.3 Å². The number of benzene rings is 3. The van der Waals surface area contributed by atoms with Crippen LogP contribution in [0.2, 0.25) is 0 Å². The first-order valence-electron chi connectivity index (χ1n) is 7.57. The van der Waals surface area contributed by atoms with Crippen molar-refractivity contribution in [2.75, 3.05) is 0 Å². The first-order valence-corrected chi connectivity index (χ1v) is 7.57. The topological polar surface area (TPSA) is 30.2 Å². The van der Waals surface area contributed by atoms with Crippen LogP contribution in [0.1, 0.15) is 18.1 Å². The highest BCUT2D eigenvalue weighted by Crippen LogP contribution is 2.33. The molecule has 108 valence electrons. The van der Waals surface area contributed by atoms with Gasteiger partial charge < -0.3 is 4.42 Å². The van der Waals surface area contributed by atoms with Gasteiger partial charge in [-0.25, -0.2) is 4.79 Å². The van der Waals surface area contributed by atoms with Crippen LogP contribution in [0.25, 0.3) is 32.5 Å². The molecule has 0 amide bonds. The lowest BCUT2D eigenvalue weighted by Crippen LogP contribution is -2.02. The molecule has 0 aliphatic heterocycles. The number of hydrogen-bond acceptors (Lipinski definition) is 2. The summed E-state index contributed by atoms with van der Waals surface area (Å²) in [5, 5.41) is 4.97. The van der Waals surface area contributed by atoms with Crippen LogP contribution >= 0.6 is 0 Å². The Morgan fingerprint density at radius 3 is 2.55 bits per heavy atom. The van der Waals surface area contributed by atoms with Crippen LogP contribution in [0.3, 0.4) is 0 Å². The molecular weight excluding hydrogens is 272 g/mol. The lowest BCUT2D eigenvalue weighted by Gasteiger charge is -2.11. The van der Waals surface area contributed by atoms with Crippen molar-refractivity contribution < 1.29 is 4.42 Å². The highest BCUT2D eigenvalue weighted by molar-refractivity contribution is 6.19. The summed E-state index contributed by atoms with van der Waals surface area (Å²) < 4.78 is 5.67. The molecule has 1 aromatic heterocycles. The summed E-state index contributed by atoms with van der Waals surface area (Å²) in [7, 11) is 0. The summed E-state index contributed by atoms with van der Waals surface area (Å²) in [6, 6.07) is 16.2. The Balaban J connectivity index is 2.42. The maximum absolute atomic E-state index is 12.4. The van der Waals surface area contributed by atoms with E-state index in [4.69, 9.17) is 4.42 Å². The van der Waals surface area contributed by atoms with Crippen LogP contribution < -0.4 is 5.63 Å². The first kappa shape index (κ1) is 13.1. The molecule has 0 unspecified atom stereocenters. The fourth-order valence-electron chi connectivity index (χ4n) is 3.29. The number of hydrogen-bond donors (Lipinski definition) is 0. The zero-order valence-electron chi connectivity index (χ0n) is 12.6. The standard InChI is InChI=1S/C20H16O2/c1-3-13-9-8-12(2)17-18-15-7-5-4-6-14(15)10-11-16(18)20(21)22-19(13)17/h4-11H,3H2,1-2H3. The van der Waals surface area contributed by atoms with Gasteiger partial charge in [0.1, 0.15) is 5.58 Å². The lowest BCUT2D eigenvalue weighted by atomic mass is 9.95. The summed E-state index contributed by atoms with van der Waals surface area (Å²) >= 11 is 0. The van der Waals surface area contributed by atoms with E-state index in [0.29, 0.717) is 5.39 Å². The van der Waals surface area contributed by atoms with E-state index in [-0.39, 0.29) is 5.63 Å². The fraction of sp³-hybridized carbons (Fsp3) is 0.150. The van der Waals surface area contributed by atoms with Gasteiger partial charge in [0.05, 0.1) is 5.39 Å². The number of rotatable bonds is 1. The average molecular weight is 288 g/mol. The van der Waals surface area contributed by atoms with Gasteiger partial charge in [-0.3, -0.25) is 0 Å². The summed E-state index contributed by atoms with van der Waals surface area (Å²) in [6.07, 6.45) is 0.843. The third-order valence-electron chi connectivity index (χ3n) is 4.42. The Kier molecular flexibility index (Phi) is 2.80. The fourth-order valence-corrected chi connectivity index (χ4v) is 3.29. The molecule has 0 fully saturated rings. The smallest absolute Gasteiger partial charge is 0.344 e. The van der Waals surface area contributed by atoms with E-state index < -0.39 is 0 Å². The molecule has 3 aromatic carbocycles. The van der Waals surface area contributed by atoms with Gasteiger partial charge in [-0.05, 0) is 41.3 Å². The molecule has 0 bridgehead atoms. The van der Waals surface area contributed by atoms with Gasteiger partial charge in [-0.15, -0.1) is 0 Å². The van der Waals surface area contributed by atoms with Gasteiger partial charge in [0.2, 0.25) is 0 Å². The third kappa shape index (κ3) is 1.70. The first-order chi connectivity index (χ1) is 10.7. The van der Waals surface area contributed by atoms with Crippen molar-refractivity contribution in [3.05, 3.63) is 70.1 Å². The minimum absolute atomic E-state index is 0.256. The Hall–Kier alpha value is -2.61. The van der Waals surface area contributed by atoms with E-state index in [2.05, 4.69) is 38.1 Å². The minimum Gasteiger partial charge on any atom is -0.422 e. The van der Waals surface area contributed by atoms with E-state index >= 15 is 0 Å². The number of aryl methyl sites for hydroxylation is 2. The Labute approximate surface area is 128 Å². The molecule has 22 heavy (non-hydrogen) atoms. The van der Waals surface area contributed by atoms with Gasteiger partial charge in [-0.2, -0.15) is 0 Å². The SMILES string of the molecule is CCc1ccc(C)c2c1oc(=O)c1ccc3ccccc3c12. The highest BCUT2D eigenvalue weighted by Gasteiger charge is 2.14. The Morgan fingerprint density at radius 2 is 1.73 bits per heavy atom. The lowest BCUT2D eigenvalue weighted by molar-refractivity contribution is 0.566.